The number of hydrogen-bond donors (Lipinski definition) is 1. The first-order valence-electron chi connectivity index (χ1n) is 6.09. The van der Waals surface area contributed by atoms with Crippen LogP contribution in [0.3, 0.4) is 0 Å². The highest BCUT2D eigenvalue weighted by Gasteiger charge is 2.18. The first kappa shape index (κ1) is 12.1. The van der Waals surface area contributed by atoms with Crippen molar-refractivity contribution in [3.05, 3.63) is 41.7 Å². The van der Waals surface area contributed by atoms with Crippen molar-refractivity contribution in [2.75, 3.05) is 25.0 Å². The number of hydrogen-bond acceptors (Lipinski definition) is 2. The summed E-state index contributed by atoms with van der Waals surface area (Å²) in [5, 5.41) is 3.12. The topological polar surface area (TPSA) is 15.3 Å². The molecule has 0 radical (unpaired) electrons. The maximum atomic E-state index is 14.0. The Morgan fingerprint density at radius 3 is 2.82 bits per heavy atom. The first-order valence-corrected chi connectivity index (χ1v) is 6.09. The van der Waals surface area contributed by atoms with E-state index < -0.39 is 0 Å². The van der Waals surface area contributed by atoms with Gasteiger partial charge < -0.3 is 10.2 Å². The van der Waals surface area contributed by atoms with Crippen molar-refractivity contribution in [1.29, 1.82) is 0 Å². The van der Waals surface area contributed by atoms with E-state index in [0.29, 0.717) is 0 Å². The molecule has 0 saturated carbocycles. The van der Waals surface area contributed by atoms with Gasteiger partial charge in [-0.2, -0.15) is 0 Å². The molecular formula is C14H19FN2. The smallest absolute Gasteiger partial charge is 0.130 e. The third-order valence-corrected chi connectivity index (χ3v) is 3.29. The van der Waals surface area contributed by atoms with Gasteiger partial charge in [-0.25, -0.2) is 4.39 Å². The van der Waals surface area contributed by atoms with E-state index in [1.807, 2.05) is 20.0 Å². The molecule has 0 fully saturated rings. The predicted molar refractivity (Wildman–Crippen MR) is 69.8 cm³/mol. The summed E-state index contributed by atoms with van der Waals surface area (Å²) in [5.41, 5.74) is 1.78. The van der Waals surface area contributed by atoms with Gasteiger partial charge in [0.05, 0.1) is 0 Å². The van der Waals surface area contributed by atoms with Crippen LogP contribution in [0.4, 0.5) is 10.1 Å². The van der Waals surface area contributed by atoms with Gasteiger partial charge >= 0.3 is 0 Å². The van der Waals surface area contributed by atoms with E-state index in [1.165, 1.54) is 6.07 Å². The van der Waals surface area contributed by atoms with Crippen molar-refractivity contribution in [3.63, 3.8) is 0 Å². The molecule has 2 rings (SSSR count). The average Bonchev–Trinajstić information content (AvgIpc) is 2.38. The Morgan fingerprint density at radius 2 is 2.18 bits per heavy atom. The van der Waals surface area contributed by atoms with E-state index in [9.17, 15) is 4.39 Å². The van der Waals surface area contributed by atoms with E-state index >= 15 is 0 Å². The lowest BCUT2D eigenvalue weighted by Gasteiger charge is -2.29. The molecule has 2 nitrogen and oxygen atoms in total. The number of rotatable bonds is 3. The molecule has 0 aliphatic carbocycles. The van der Waals surface area contributed by atoms with Crippen molar-refractivity contribution >= 4 is 5.69 Å². The lowest BCUT2D eigenvalue weighted by Crippen LogP contribution is -2.29. The van der Waals surface area contributed by atoms with Crippen LogP contribution in [0.25, 0.3) is 0 Å². The van der Waals surface area contributed by atoms with Crippen LogP contribution in [-0.2, 0) is 0 Å². The van der Waals surface area contributed by atoms with Gasteiger partial charge in [-0.05, 0) is 32.5 Å². The zero-order valence-electron chi connectivity index (χ0n) is 10.4. The van der Waals surface area contributed by atoms with Gasteiger partial charge in [-0.15, -0.1) is 0 Å². The molecule has 3 heteroatoms. The molecule has 1 atom stereocenters. The molecule has 1 aliphatic heterocycles. The van der Waals surface area contributed by atoms with E-state index in [0.717, 1.165) is 30.8 Å². The molecule has 0 saturated heterocycles. The molecule has 0 bridgehead atoms. The van der Waals surface area contributed by atoms with Crippen LogP contribution in [0.2, 0.25) is 0 Å². The van der Waals surface area contributed by atoms with Crippen LogP contribution < -0.4 is 10.2 Å². The van der Waals surface area contributed by atoms with Gasteiger partial charge in [0.15, 0.2) is 0 Å². The fraction of sp³-hybridized carbons (Fsp3) is 0.429. The normalized spacial score (nSPS) is 17.2. The minimum atomic E-state index is -0.126. The molecule has 0 spiro atoms. The Labute approximate surface area is 102 Å². The first-order chi connectivity index (χ1) is 8.24. The molecule has 1 aromatic rings. The Bertz CT molecular complexity index is 415. The Hall–Kier alpha value is -1.35. The van der Waals surface area contributed by atoms with Crippen LogP contribution >= 0.6 is 0 Å². The summed E-state index contributed by atoms with van der Waals surface area (Å²) >= 11 is 0. The van der Waals surface area contributed by atoms with Crippen LogP contribution in [0.15, 0.2) is 30.4 Å². The van der Waals surface area contributed by atoms with Crippen molar-refractivity contribution in [2.45, 2.75) is 19.4 Å². The van der Waals surface area contributed by atoms with Crippen LogP contribution in [0, 0.1) is 5.82 Å². The molecular weight excluding hydrogens is 215 g/mol. The van der Waals surface area contributed by atoms with Crippen LogP contribution in [0.5, 0.6) is 0 Å². The van der Waals surface area contributed by atoms with Crippen molar-refractivity contribution in [3.8, 4) is 0 Å². The third kappa shape index (κ3) is 2.50. The number of anilines is 1. The maximum Gasteiger partial charge on any atom is 0.130 e. The van der Waals surface area contributed by atoms with Crippen molar-refractivity contribution in [1.82, 2.24) is 5.32 Å². The number of benzene rings is 1. The largest absolute Gasteiger partial charge is 0.367 e. The van der Waals surface area contributed by atoms with E-state index in [2.05, 4.69) is 22.4 Å². The van der Waals surface area contributed by atoms with Gasteiger partial charge in [-0.3, -0.25) is 0 Å². The minimum absolute atomic E-state index is 0.0251. The molecule has 1 unspecified atom stereocenters. The highest BCUT2D eigenvalue weighted by atomic mass is 19.1. The molecule has 17 heavy (non-hydrogen) atoms. The van der Waals surface area contributed by atoms with Crippen LogP contribution in [-0.4, -0.2) is 20.1 Å². The Balaban J connectivity index is 2.38. The zero-order valence-corrected chi connectivity index (χ0v) is 10.4. The second-order valence-corrected chi connectivity index (χ2v) is 4.39. The SMILES string of the molecule is CNC(C)c1c(F)cccc1N1CC=CCC1. The number of nitrogens with zero attached hydrogens (tertiary/aromatic N) is 1. The monoisotopic (exact) mass is 234 g/mol. The fourth-order valence-electron chi connectivity index (χ4n) is 2.23. The highest BCUT2D eigenvalue weighted by molar-refractivity contribution is 5.56. The number of halogens is 1. The Morgan fingerprint density at radius 1 is 1.35 bits per heavy atom. The highest BCUT2D eigenvalue weighted by Crippen LogP contribution is 2.29. The second-order valence-electron chi connectivity index (χ2n) is 4.39. The second kappa shape index (κ2) is 5.32. The minimum Gasteiger partial charge on any atom is -0.367 e. The predicted octanol–water partition coefficient (Wildman–Crippen LogP) is 2.87. The van der Waals surface area contributed by atoms with E-state index in [1.54, 1.807) is 6.07 Å². The third-order valence-electron chi connectivity index (χ3n) is 3.29. The molecule has 1 N–H and O–H groups in total. The van der Waals surface area contributed by atoms with Gasteiger partial charge in [0.1, 0.15) is 5.82 Å². The summed E-state index contributed by atoms with van der Waals surface area (Å²) in [4.78, 5) is 2.23. The molecule has 92 valence electrons. The molecule has 0 aromatic heterocycles. The fourth-order valence-corrected chi connectivity index (χ4v) is 2.23. The summed E-state index contributed by atoms with van der Waals surface area (Å²) in [7, 11) is 1.86. The molecule has 0 amide bonds. The summed E-state index contributed by atoms with van der Waals surface area (Å²) in [6.07, 6.45) is 5.35. The van der Waals surface area contributed by atoms with Crippen LogP contribution in [0.1, 0.15) is 24.9 Å². The number of nitrogens with one attached hydrogen (secondary N) is 1. The maximum absolute atomic E-state index is 14.0. The Kier molecular flexibility index (Phi) is 3.79. The van der Waals surface area contributed by atoms with Gasteiger partial charge in [0, 0.05) is 30.4 Å². The van der Waals surface area contributed by atoms with Gasteiger partial charge in [0.25, 0.3) is 0 Å². The zero-order chi connectivity index (χ0) is 12.3. The van der Waals surface area contributed by atoms with E-state index in [4.69, 9.17) is 0 Å². The summed E-state index contributed by atoms with van der Waals surface area (Å²) in [5.74, 6) is -0.126. The average molecular weight is 234 g/mol. The van der Waals surface area contributed by atoms with Gasteiger partial charge in [0.2, 0.25) is 0 Å². The standard InChI is InChI=1S/C14H19FN2/c1-11(16-2)14-12(15)7-6-8-13(14)17-9-4-3-5-10-17/h3-4,6-8,11,16H,5,9-10H2,1-2H3. The molecule has 1 aromatic carbocycles. The van der Waals surface area contributed by atoms with E-state index in [-0.39, 0.29) is 11.9 Å². The lowest BCUT2D eigenvalue weighted by molar-refractivity contribution is 0.560. The molecule has 1 aliphatic rings. The quantitative estimate of drug-likeness (QED) is 0.809. The molecule has 1 heterocycles. The summed E-state index contributed by atoms with van der Waals surface area (Å²) in [6, 6.07) is 5.35. The van der Waals surface area contributed by atoms with Crippen molar-refractivity contribution in [2.24, 2.45) is 0 Å². The summed E-state index contributed by atoms with van der Waals surface area (Å²) < 4.78 is 14.0. The van der Waals surface area contributed by atoms with Crippen molar-refractivity contribution < 1.29 is 4.39 Å². The lowest BCUT2D eigenvalue weighted by atomic mass is 10.0. The van der Waals surface area contributed by atoms with Gasteiger partial charge in [-0.1, -0.05) is 18.2 Å². The summed E-state index contributed by atoms with van der Waals surface area (Å²) in [6.45, 7) is 3.82.